The largest absolute Gasteiger partial charge is 0.317 e. The average molecular weight is 223 g/mol. The van der Waals surface area contributed by atoms with E-state index in [1.807, 2.05) is 24.3 Å². The third kappa shape index (κ3) is 2.67. The molecular formula is C16H17N. The molecular weight excluding hydrogens is 206 g/mol. The number of fused-ring (bicyclic) bond motifs is 1. The van der Waals surface area contributed by atoms with E-state index in [1.165, 1.54) is 10.8 Å². The second kappa shape index (κ2) is 5.03. The predicted octanol–water partition coefficient (Wildman–Crippen LogP) is 3.17. The lowest BCUT2D eigenvalue weighted by molar-refractivity contribution is 0.584. The van der Waals surface area contributed by atoms with Gasteiger partial charge in [0.25, 0.3) is 0 Å². The lowest BCUT2D eigenvalue weighted by atomic mass is 10.0. The first-order valence-corrected chi connectivity index (χ1v) is 5.93. The topological polar surface area (TPSA) is 26.0 Å². The van der Waals surface area contributed by atoms with Crippen molar-refractivity contribution in [3.05, 3.63) is 48.0 Å². The highest BCUT2D eigenvalue weighted by Gasteiger charge is 2.02. The van der Waals surface area contributed by atoms with E-state index in [4.69, 9.17) is 5.73 Å². The van der Waals surface area contributed by atoms with Gasteiger partial charge in [-0.15, -0.1) is 0 Å². The molecule has 1 heteroatoms. The third-order valence-corrected chi connectivity index (χ3v) is 2.88. The average Bonchev–Trinajstić information content (AvgIpc) is 2.35. The smallest absolute Gasteiger partial charge is 0.0691 e. The predicted molar refractivity (Wildman–Crippen MR) is 73.6 cm³/mol. The number of hydrogen-bond donors (Lipinski definition) is 1. The fourth-order valence-corrected chi connectivity index (χ4v) is 1.66. The molecule has 0 heterocycles. The molecule has 0 radical (unpaired) electrons. The summed E-state index contributed by atoms with van der Waals surface area (Å²) < 4.78 is 0. The van der Waals surface area contributed by atoms with Crippen LogP contribution in [0.1, 0.15) is 19.4 Å². The molecule has 0 saturated carbocycles. The Balaban J connectivity index is 2.43. The van der Waals surface area contributed by atoms with Gasteiger partial charge in [-0.05, 0) is 22.8 Å². The Morgan fingerprint density at radius 2 is 1.71 bits per heavy atom. The van der Waals surface area contributed by atoms with E-state index < -0.39 is 0 Å². The molecule has 1 unspecified atom stereocenters. The first-order chi connectivity index (χ1) is 8.18. The summed E-state index contributed by atoms with van der Waals surface area (Å²) in [6.07, 6.45) is 0. The Kier molecular flexibility index (Phi) is 3.46. The zero-order valence-corrected chi connectivity index (χ0v) is 10.3. The Hall–Kier alpha value is -1.78. The normalized spacial score (nSPS) is 12.2. The quantitative estimate of drug-likeness (QED) is 0.738. The minimum Gasteiger partial charge on any atom is -0.317 e. The lowest BCUT2D eigenvalue weighted by Gasteiger charge is -2.07. The monoisotopic (exact) mass is 223 g/mol. The maximum absolute atomic E-state index is 5.93. The Morgan fingerprint density at radius 3 is 2.47 bits per heavy atom. The number of nitrogens with two attached hydrogens (primary N) is 1. The molecule has 0 spiro atoms. The van der Waals surface area contributed by atoms with Gasteiger partial charge in [0.05, 0.1) is 6.04 Å². The molecule has 2 aromatic rings. The van der Waals surface area contributed by atoms with Gasteiger partial charge in [0, 0.05) is 5.56 Å². The van der Waals surface area contributed by atoms with E-state index >= 15 is 0 Å². The van der Waals surface area contributed by atoms with Crippen LogP contribution in [0.4, 0.5) is 0 Å². The van der Waals surface area contributed by atoms with Crippen molar-refractivity contribution in [2.75, 3.05) is 0 Å². The summed E-state index contributed by atoms with van der Waals surface area (Å²) in [5.41, 5.74) is 6.99. The molecule has 0 aliphatic heterocycles. The summed E-state index contributed by atoms with van der Waals surface area (Å²) in [5, 5.41) is 2.41. The molecule has 86 valence electrons. The molecule has 1 nitrogen and oxygen atoms in total. The van der Waals surface area contributed by atoms with E-state index in [1.54, 1.807) is 0 Å². The van der Waals surface area contributed by atoms with E-state index in [0.29, 0.717) is 5.92 Å². The molecule has 2 rings (SSSR count). The van der Waals surface area contributed by atoms with Crippen LogP contribution < -0.4 is 5.73 Å². The van der Waals surface area contributed by atoms with Crippen LogP contribution in [0.3, 0.4) is 0 Å². The van der Waals surface area contributed by atoms with Crippen molar-refractivity contribution in [1.29, 1.82) is 0 Å². The summed E-state index contributed by atoms with van der Waals surface area (Å²) in [7, 11) is 0. The van der Waals surface area contributed by atoms with Gasteiger partial charge in [0.1, 0.15) is 0 Å². The van der Waals surface area contributed by atoms with E-state index in [9.17, 15) is 0 Å². The number of hydrogen-bond acceptors (Lipinski definition) is 1. The fraction of sp³-hybridized carbons (Fsp3) is 0.250. The Bertz CT molecular complexity index is 567. The first kappa shape index (κ1) is 11.7. The third-order valence-electron chi connectivity index (χ3n) is 2.88. The van der Waals surface area contributed by atoms with Gasteiger partial charge in [-0.2, -0.15) is 0 Å². The Morgan fingerprint density at radius 1 is 1.00 bits per heavy atom. The van der Waals surface area contributed by atoms with Crippen LogP contribution in [-0.4, -0.2) is 6.04 Å². The van der Waals surface area contributed by atoms with Crippen molar-refractivity contribution in [2.45, 2.75) is 19.9 Å². The van der Waals surface area contributed by atoms with Crippen molar-refractivity contribution >= 4 is 10.8 Å². The number of rotatable bonds is 1. The summed E-state index contributed by atoms with van der Waals surface area (Å²) >= 11 is 0. The van der Waals surface area contributed by atoms with E-state index in [2.05, 4.69) is 43.9 Å². The molecule has 2 aromatic carbocycles. The van der Waals surface area contributed by atoms with Crippen molar-refractivity contribution in [3.8, 4) is 11.8 Å². The minimum atomic E-state index is -0.0611. The van der Waals surface area contributed by atoms with Gasteiger partial charge in [0.15, 0.2) is 0 Å². The molecule has 0 bridgehead atoms. The first-order valence-electron chi connectivity index (χ1n) is 5.93. The van der Waals surface area contributed by atoms with Gasteiger partial charge in [-0.25, -0.2) is 0 Å². The summed E-state index contributed by atoms with van der Waals surface area (Å²) in [5.74, 6) is 6.70. The maximum atomic E-state index is 5.93. The second-order valence-corrected chi connectivity index (χ2v) is 4.57. The fourth-order valence-electron chi connectivity index (χ4n) is 1.66. The molecule has 0 fully saturated rings. The Labute approximate surface area is 103 Å². The molecule has 0 aliphatic carbocycles. The molecule has 0 aliphatic rings. The van der Waals surface area contributed by atoms with Crippen molar-refractivity contribution in [2.24, 2.45) is 11.7 Å². The highest BCUT2D eigenvalue weighted by Crippen LogP contribution is 2.17. The van der Waals surface area contributed by atoms with Crippen molar-refractivity contribution in [3.63, 3.8) is 0 Å². The van der Waals surface area contributed by atoms with Gasteiger partial charge < -0.3 is 5.73 Å². The highest BCUT2D eigenvalue weighted by atomic mass is 14.6. The van der Waals surface area contributed by atoms with E-state index in [-0.39, 0.29) is 6.04 Å². The molecule has 0 saturated heterocycles. The van der Waals surface area contributed by atoms with Gasteiger partial charge in [0.2, 0.25) is 0 Å². The highest BCUT2D eigenvalue weighted by molar-refractivity contribution is 5.88. The van der Waals surface area contributed by atoms with Crippen LogP contribution in [0.25, 0.3) is 10.8 Å². The van der Waals surface area contributed by atoms with Crippen LogP contribution in [0.15, 0.2) is 42.5 Å². The van der Waals surface area contributed by atoms with Crippen LogP contribution >= 0.6 is 0 Å². The van der Waals surface area contributed by atoms with Crippen LogP contribution in [0, 0.1) is 17.8 Å². The van der Waals surface area contributed by atoms with Crippen LogP contribution in [-0.2, 0) is 0 Å². The van der Waals surface area contributed by atoms with Gasteiger partial charge >= 0.3 is 0 Å². The van der Waals surface area contributed by atoms with E-state index in [0.717, 1.165) is 5.56 Å². The van der Waals surface area contributed by atoms with Crippen molar-refractivity contribution < 1.29 is 0 Å². The zero-order chi connectivity index (χ0) is 12.3. The summed E-state index contributed by atoms with van der Waals surface area (Å²) in [6, 6.07) is 14.4. The molecule has 1 atom stereocenters. The lowest BCUT2D eigenvalue weighted by Crippen LogP contribution is -2.23. The molecule has 0 amide bonds. The van der Waals surface area contributed by atoms with Crippen LogP contribution in [0.2, 0.25) is 0 Å². The summed E-state index contributed by atoms with van der Waals surface area (Å²) in [4.78, 5) is 0. The van der Waals surface area contributed by atoms with Crippen molar-refractivity contribution in [1.82, 2.24) is 0 Å². The standard InChI is InChI=1S/C16H17N/c1-12(2)16(17)11-10-14-8-5-7-13-6-3-4-9-15(13)14/h3-9,12,16H,17H2,1-2H3. The summed E-state index contributed by atoms with van der Waals surface area (Å²) in [6.45, 7) is 4.17. The zero-order valence-electron chi connectivity index (χ0n) is 10.3. The molecule has 17 heavy (non-hydrogen) atoms. The second-order valence-electron chi connectivity index (χ2n) is 4.57. The van der Waals surface area contributed by atoms with Gasteiger partial charge in [-0.1, -0.05) is 62.1 Å². The number of benzene rings is 2. The van der Waals surface area contributed by atoms with Crippen LogP contribution in [0.5, 0.6) is 0 Å². The maximum Gasteiger partial charge on any atom is 0.0691 e. The SMILES string of the molecule is CC(C)C(N)C#Cc1cccc2ccccc12. The minimum absolute atomic E-state index is 0.0611. The molecule has 2 N–H and O–H groups in total. The molecule has 0 aromatic heterocycles. The van der Waals surface area contributed by atoms with Gasteiger partial charge in [-0.3, -0.25) is 0 Å².